The minimum atomic E-state index is -4.13. The molecule has 0 bridgehead atoms. The number of carbonyl (C=O) groups is 2. The summed E-state index contributed by atoms with van der Waals surface area (Å²) in [6, 6.07) is 19.2. The Bertz CT molecular complexity index is 1360. The maximum atomic E-state index is 13.7. The topological polar surface area (TPSA) is 108 Å². The molecule has 1 aliphatic rings. The summed E-state index contributed by atoms with van der Waals surface area (Å²) in [5.41, 5.74) is 3.35. The van der Waals surface area contributed by atoms with Gasteiger partial charge in [0, 0.05) is 18.8 Å². The highest BCUT2D eigenvalue weighted by atomic mass is 32.2. The molecule has 2 amide bonds. The third-order valence-electron chi connectivity index (χ3n) is 6.06. The molecule has 1 aliphatic heterocycles. The highest BCUT2D eigenvalue weighted by Crippen LogP contribution is 2.37. The number of nitrogens with zero attached hydrogens (tertiary/aromatic N) is 1. The van der Waals surface area contributed by atoms with E-state index in [9.17, 15) is 22.4 Å². The van der Waals surface area contributed by atoms with Gasteiger partial charge in [-0.15, -0.1) is 0 Å². The molecule has 1 unspecified atom stereocenters. The van der Waals surface area contributed by atoms with Gasteiger partial charge < -0.3 is 16.0 Å². The van der Waals surface area contributed by atoms with Crippen molar-refractivity contribution >= 4 is 38.9 Å². The Kier molecular flexibility index (Phi) is 8.08. The molecule has 0 saturated heterocycles. The van der Waals surface area contributed by atoms with Gasteiger partial charge in [-0.3, -0.25) is 13.9 Å². The summed E-state index contributed by atoms with van der Waals surface area (Å²) in [6.07, 6.45) is 0.206. The molecule has 3 N–H and O–H groups in total. The first-order valence-corrected chi connectivity index (χ1v) is 13.4. The van der Waals surface area contributed by atoms with E-state index in [4.69, 9.17) is 0 Å². The van der Waals surface area contributed by atoms with E-state index in [0.29, 0.717) is 24.3 Å². The van der Waals surface area contributed by atoms with Crippen LogP contribution in [0, 0.1) is 6.92 Å². The molecule has 1 atom stereocenters. The van der Waals surface area contributed by atoms with Gasteiger partial charge in [-0.25, -0.2) is 12.8 Å². The molecule has 37 heavy (non-hydrogen) atoms. The lowest BCUT2D eigenvalue weighted by Crippen LogP contribution is -2.52. The third-order valence-corrected chi connectivity index (χ3v) is 7.89. The molecule has 194 valence electrons. The van der Waals surface area contributed by atoms with E-state index in [1.165, 1.54) is 12.1 Å². The zero-order valence-corrected chi connectivity index (χ0v) is 21.2. The Morgan fingerprint density at radius 2 is 1.70 bits per heavy atom. The summed E-state index contributed by atoms with van der Waals surface area (Å²) in [5, 5.41) is 8.46. The smallest absolute Gasteiger partial charge is 0.265 e. The number of fused-ring (bicyclic) bond motifs is 1. The maximum absolute atomic E-state index is 13.7. The van der Waals surface area contributed by atoms with Gasteiger partial charge in [0.1, 0.15) is 12.7 Å². The number of halogens is 1. The van der Waals surface area contributed by atoms with Crippen LogP contribution in [0.1, 0.15) is 17.5 Å². The molecule has 4 rings (SSSR count). The highest BCUT2D eigenvalue weighted by Gasteiger charge is 2.41. The lowest BCUT2D eigenvalue weighted by atomic mass is 10.1. The summed E-state index contributed by atoms with van der Waals surface area (Å²) >= 11 is 0. The number of nitrogens with one attached hydrogen (secondary N) is 3. The fourth-order valence-electron chi connectivity index (χ4n) is 4.13. The van der Waals surface area contributed by atoms with Crippen LogP contribution in [0.5, 0.6) is 0 Å². The van der Waals surface area contributed by atoms with E-state index in [1.54, 1.807) is 36.4 Å². The number of alkyl halides is 1. The first-order chi connectivity index (χ1) is 17.8. The summed E-state index contributed by atoms with van der Waals surface area (Å²) < 4.78 is 40.7. The number of hydrogen-bond donors (Lipinski definition) is 3. The van der Waals surface area contributed by atoms with Crippen LogP contribution in [0.3, 0.4) is 0 Å². The first kappa shape index (κ1) is 26.2. The van der Waals surface area contributed by atoms with Crippen molar-refractivity contribution in [3.63, 3.8) is 0 Å². The normalized spacial score (nSPS) is 15.0. The monoisotopic (exact) mass is 524 g/mol. The average molecular weight is 525 g/mol. The number of para-hydroxylation sites is 2. The Morgan fingerprint density at radius 1 is 1.00 bits per heavy atom. The molecule has 3 aromatic carbocycles. The molecular weight excluding hydrogens is 495 g/mol. The third kappa shape index (κ3) is 6.08. The van der Waals surface area contributed by atoms with Crippen LogP contribution in [0.15, 0.2) is 77.7 Å². The molecule has 0 spiro atoms. The van der Waals surface area contributed by atoms with Gasteiger partial charge in [0.2, 0.25) is 11.8 Å². The van der Waals surface area contributed by atoms with E-state index >= 15 is 0 Å². The summed E-state index contributed by atoms with van der Waals surface area (Å²) in [5.74, 6) is -1.01. The zero-order chi connectivity index (χ0) is 26.4. The molecular formula is C27H29FN4O4S. The van der Waals surface area contributed by atoms with Gasteiger partial charge in [-0.1, -0.05) is 42.0 Å². The second kappa shape index (κ2) is 11.4. The molecule has 0 aromatic heterocycles. The van der Waals surface area contributed by atoms with Crippen molar-refractivity contribution < 1.29 is 22.4 Å². The number of amides is 2. The molecule has 0 fully saturated rings. The summed E-state index contributed by atoms with van der Waals surface area (Å²) in [4.78, 5) is 25.9. The van der Waals surface area contributed by atoms with Crippen LogP contribution < -0.4 is 20.3 Å². The van der Waals surface area contributed by atoms with Gasteiger partial charge >= 0.3 is 0 Å². The first-order valence-electron chi connectivity index (χ1n) is 12.0. The second-order valence-corrected chi connectivity index (χ2v) is 10.6. The fraction of sp³-hybridized carbons (Fsp3) is 0.259. The molecule has 8 nitrogen and oxygen atoms in total. The van der Waals surface area contributed by atoms with E-state index < -0.39 is 34.6 Å². The molecule has 10 heteroatoms. The Balaban J connectivity index is 1.48. The SMILES string of the molecule is Cc1ccc(S(=O)(=O)N2c3ccccc3NC(=O)C2CC(=O)NCCc2ccc(NCCF)cc2)cc1. The number of carbonyl (C=O) groups excluding carboxylic acids is 2. The van der Waals surface area contributed by atoms with Crippen LogP contribution in [0.4, 0.5) is 21.5 Å². The quantitative estimate of drug-likeness (QED) is 0.375. The van der Waals surface area contributed by atoms with Crippen molar-refractivity contribution in [2.45, 2.75) is 30.7 Å². The lowest BCUT2D eigenvalue weighted by molar-refractivity contribution is -0.125. The van der Waals surface area contributed by atoms with Crippen LogP contribution in [-0.4, -0.2) is 46.0 Å². The Hall–Kier alpha value is -3.92. The van der Waals surface area contributed by atoms with Crippen LogP contribution in [0.2, 0.25) is 0 Å². The molecule has 0 radical (unpaired) electrons. The standard InChI is InChI=1S/C27H29FN4O4S/c1-19-6-12-22(13-7-19)37(35,36)32-24-5-3-2-4-23(24)31-27(34)25(32)18-26(33)30-16-14-20-8-10-21(11-9-20)29-17-15-28/h2-13,25,29H,14-18H2,1H3,(H,30,33)(H,31,34). The van der Waals surface area contributed by atoms with E-state index in [-0.39, 0.29) is 17.9 Å². The van der Waals surface area contributed by atoms with Crippen LogP contribution in [-0.2, 0) is 26.0 Å². The summed E-state index contributed by atoms with van der Waals surface area (Å²) in [6.45, 7) is 1.95. The summed E-state index contributed by atoms with van der Waals surface area (Å²) in [7, 11) is -4.13. The van der Waals surface area contributed by atoms with Gasteiger partial charge in [0.05, 0.1) is 22.7 Å². The van der Waals surface area contributed by atoms with Crippen molar-refractivity contribution in [2.24, 2.45) is 0 Å². The minimum Gasteiger partial charge on any atom is -0.382 e. The number of sulfonamides is 1. The van der Waals surface area contributed by atoms with E-state index in [2.05, 4.69) is 16.0 Å². The largest absolute Gasteiger partial charge is 0.382 e. The van der Waals surface area contributed by atoms with Gasteiger partial charge in [0.15, 0.2) is 0 Å². The van der Waals surface area contributed by atoms with Crippen molar-refractivity contribution in [3.05, 3.63) is 83.9 Å². The molecule has 3 aromatic rings. The average Bonchev–Trinajstić information content (AvgIpc) is 2.88. The van der Waals surface area contributed by atoms with Gasteiger partial charge in [-0.05, 0) is 55.3 Å². The van der Waals surface area contributed by atoms with Crippen LogP contribution in [0.25, 0.3) is 0 Å². The number of rotatable bonds is 10. The van der Waals surface area contributed by atoms with Crippen molar-refractivity contribution in [1.29, 1.82) is 0 Å². The molecule has 1 heterocycles. The lowest BCUT2D eigenvalue weighted by Gasteiger charge is -2.36. The predicted molar refractivity (Wildman–Crippen MR) is 142 cm³/mol. The van der Waals surface area contributed by atoms with E-state index in [0.717, 1.165) is 21.1 Å². The minimum absolute atomic E-state index is 0.0393. The van der Waals surface area contributed by atoms with Crippen molar-refractivity contribution in [3.8, 4) is 0 Å². The van der Waals surface area contributed by atoms with Crippen molar-refractivity contribution in [2.75, 3.05) is 34.7 Å². The zero-order valence-electron chi connectivity index (χ0n) is 20.4. The number of benzene rings is 3. The Morgan fingerprint density at radius 3 is 2.41 bits per heavy atom. The molecule has 0 aliphatic carbocycles. The van der Waals surface area contributed by atoms with Crippen LogP contribution >= 0.6 is 0 Å². The number of anilines is 3. The van der Waals surface area contributed by atoms with E-state index in [1.807, 2.05) is 31.2 Å². The second-order valence-electron chi connectivity index (χ2n) is 8.75. The Labute approximate surface area is 215 Å². The van der Waals surface area contributed by atoms with Gasteiger partial charge in [0.25, 0.3) is 10.0 Å². The number of hydrogen-bond acceptors (Lipinski definition) is 5. The predicted octanol–water partition coefficient (Wildman–Crippen LogP) is 3.64. The molecule has 0 saturated carbocycles. The highest BCUT2D eigenvalue weighted by molar-refractivity contribution is 7.93. The number of aryl methyl sites for hydroxylation is 1. The fourth-order valence-corrected chi connectivity index (χ4v) is 5.76. The van der Waals surface area contributed by atoms with Gasteiger partial charge in [-0.2, -0.15) is 0 Å². The van der Waals surface area contributed by atoms with Crippen molar-refractivity contribution in [1.82, 2.24) is 5.32 Å². The maximum Gasteiger partial charge on any atom is 0.265 e.